The molecule has 0 radical (unpaired) electrons. The van der Waals surface area contributed by atoms with Crippen LogP contribution in [-0.4, -0.2) is 22.9 Å². The SMILES string of the molecule is CC(=O)Oc1c(N2C(=O)CCC2=O)oc(-c2ccc(Cl)cc2)c1O. The van der Waals surface area contributed by atoms with Crippen LogP contribution in [0.2, 0.25) is 5.02 Å². The third-order valence-electron chi connectivity index (χ3n) is 3.43. The van der Waals surface area contributed by atoms with E-state index in [0.717, 1.165) is 11.8 Å². The topological polar surface area (TPSA) is 97.0 Å². The van der Waals surface area contributed by atoms with E-state index in [-0.39, 0.29) is 30.2 Å². The smallest absolute Gasteiger partial charge is 0.308 e. The zero-order valence-electron chi connectivity index (χ0n) is 12.5. The molecule has 0 unspecified atom stereocenters. The van der Waals surface area contributed by atoms with Crippen molar-refractivity contribution in [3.63, 3.8) is 0 Å². The Bertz CT molecular complexity index is 823. The third-order valence-corrected chi connectivity index (χ3v) is 3.68. The molecule has 7 nitrogen and oxygen atoms in total. The lowest BCUT2D eigenvalue weighted by Gasteiger charge is -2.11. The van der Waals surface area contributed by atoms with Crippen LogP contribution in [0.4, 0.5) is 5.88 Å². The van der Waals surface area contributed by atoms with Gasteiger partial charge in [-0.05, 0) is 24.3 Å². The fourth-order valence-electron chi connectivity index (χ4n) is 2.38. The van der Waals surface area contributed by atoms with Crippen LogP contribution in [0.15, 0.2) is 28.7 Å². The van der Waals surface area contributed by atoms with Gasteiger partial charge in [0.1, 0.15) is 0 Å². The zero-order valence-corrected chi connectivity index (χ0v) is 13.3. The van der Waals surface area contributed by atoms with Gasteiger partial charge >= 0.3 is 5.97 Å². The van der Waals surface area contributed by atoms with Gasteiger partial charge in [0.05, 0.1) is 0 Å². The van der Waals surface area contributed by atoms with E-state index in [1.165, 1.54) is 0 Å². The van der Waals surface area contributed by atoms with Crippen LogP contribution in [0.3, 0.4) is 0 Å². The maximum absolute atomic E-state index is 11.9. The first-order chi connectivity index (χ1) is 11.4. The van der Waals surface area contributed by atoms with Gasteiger partial charge in [0.2, 0.25) is 23.3 Å². The number of rotatable bonds is 3. The minimum atomic E-state index is -0.728. The van der Waals surface area contributed by atoms with Crippen molar-refractivity contribution in [3.05, 3.63) is 29.3 Å². The molecule has 0 bridgehead atoms. The molecule has 0 atom stereocenters. The Balaban J connectivity index is 2.15. The van der Waals surface area contributed by atoms with Crippen molar-refractivity contribution < 1.29 is 28.6 Å². The van der Waals surface area contributed by atoms with Crippen molar-refractivity contribution in [1.82, 2.24) is 0 Å². The number of hydrogen-bond acceptors (Lipinski definition) is 6. The zero-order chi connectivity index (χ0) is 17.4. The van der Waals surface area contributed by atoms with Crippen LogP contribution in [0, 0.1) is 0 Å². The Morgan fingerprint density at radius 1 is 1.21 bits per heavy atom. The second-order valence-electron chi connectivity index (χ2n) is 5.14. The molecular formula is C16H12ClNO6. The molecule has 1 aliphatic heterocycles. The van der Waals surface area contributed by atoms with E-state index < -0.39 is 23.5 Å². The first-order valence-electron chi connectivity index (χ1n) is 7.04. The summed E-state index contributed by atoms with van der Waals surface area (Å²) in [6.07, 6.45) is 0.0478. The molecule has 1 aliphatic rings. The molecule has 8 heteroatoms. The maximum atomic E-state index is 11.9. The van der Waals surface area contributed by atoms with E-state index in [9.17, 15) is 19.5 Å². The van der Waals surface area contributed by atoms with E-state index in [1.54, 1.807) is 24.3 Å². The number of furan rings is 1. The molecule has 0 spiro atoms. The van der Waals surface area contributed by atoms with Gasteiger partial charge in [-0.25, -0.2) is 4.90 Å². The summed E-state index contributed by atoms with van der Waals surface area (Å²) in [5.74, 6) is -2.90. The summed E-state index contributed by atoms with van der Waals surface area (Å²) in [5.41, 5.74) is 0.440. The van der Waals surface area contributed by atoms with Crippen molar-refractivity contribution in [1.29, 1.82) is 0 Å². The number of halogens is 1. The quantitative estimate of drug-likeness (QED) is 0.676. The standard InChI is InChI=1S/C16H12ClNO6/c1-8(19)23-15-13(22)14(9-2-4-10(17)5-3-9)24-16(15)18-11(20)6-7-12(18)21/h2-5,22H,6-7H2,1H3. The molecule has 2 amide bonds. The highest BCUT2D eigenvalue weighted by molar-refractivity contribution is 6.30. The Labute approximate surface area is 141 Å². The van der Waals surface area contributed by atoms with Crippen molar-refractivity contribution in [2.45, 2.75) is 19.8 Å². The maximum Gasteiger partial charge on any atom is 0.308 e. The van der Waals surface area contributed by atoms with Gasteiger partial charge in [-0.3, -0.25) is 14.4 Å². The molecule has 24 heavy (non-hydrogen) atoms. The van der Waals surface area contributed by atoms with Gasteiger partial charge in [0.15, 0.2) is 5.76 Å². The van der Waals surface area contributed by atoms with Gasteiger partial charge in [-0.2, -0.15) is 0 Å². The average Bonchev–Trinajstić information content (AvgIpc) is 3.01. The van der Waals surface area contributed by atoms with Crippen LogP contribution in [-0.2, 0) is 14.4 Å². The molecule has 0 aliphatic carbocycles. The lowest BCUT2D eigenvalue weighted by atomic mass is 10.1. The van der Waals surface area contributed by atoms with Gasteiger partial charge in [-0.1, -0.05) is 11.6 Å². The second-order valence-corrected chi connectivity index (χ2v) is 5.57. The number of amides is 2. The van der Waals surface area contributed by atoms with E-state index >= 15 is 0 Å². The number of benzene rings is 1. The van der Waals surface area contributed by atoms with E-state index in [2.05, 4.69) is 0 Å². The largest absolute Gasteiger partial charge is 0.502 e. The summed E-state index contributed by atoms with van der Waals surface area (Å²) in [6, 6.07) is 6.32. The summed E-state index contributed by atoms with van der Waals surface area (Å²) in [6.45, 7) is 1.13. The third kappa shape index (κ3) is 2.74. The summed E-state index contributed by atoms with van der Waals surface area (Å²) in [4.78, 5) is 35.9. The first-order valence-corrected chi connectivity index (χ1v) is 7.42. The number of hydrogen-bond donors (Lipinski definition) is 1. The molecule has 1 fully saturated rings. The fraction of sp³-hybridized carbons (Fsp3) is 0.188. The normalized spacial score (nSPS) is 14.3. The van der Waals surface area contributed by atoms with E-state index in [1.807, 2.05) is 0 Å². The number of anilines is 1. The predicted octanol–water partition coefficient (Wildman–Crippen LogP) is 2.88. The Morgan fingerprint density at radius 3 is 2.33 bits per heavy atom. The number of aromatic hydroxyl groups is 1. The van der Waals surface area contributed by atoms with Crippen molar-refractivity contribution >= 4 is 35.3 Å². The second kappa shape index (κ2) is 6.01. The fourth-order valence-corrected chi connectivity index (χ4v) is 2.50. The van der Waals surface area contributed by atoms with Crippen LogP contribution in [0.5, 0.6) is 11.5 Å². The van der Waals surface area contributed by atoms with Gasteiger partial charge in [0, 0.05) is 30.4 Å². The molecule has 0 saturated carbocycles. The first kappa shape index (κ1) is 16.1. The molecule has 2 aromatic rings. The van der Waals surface area contributed by atoms with Crippen LogP contribution >= 0.6 is 11.6 Å². The molecule has 1 N–H and O–H groups in total. The summed E-state index contributed by atoms with van der Waals surface area (Å²) < 4.78 is 10.5. The van der Waals surface area contributed by atoms with Gasteiger partial charge < -0.3 is 14.3 Å². The molecule has 124 valence electrons. The molecule has 1 aromatic heterocycles. The molecular weight excluding hydrogens is 338 g/mol. The van der Waals surface area contributed by atoms with Gasteiger partial charge in [-0.15, -0.1) is 0 Å². The predicted molar refractivity (Wildman–Crippen MR) is 83.9 cm³/mol. The van der Waals surface area contributed by atoms with Crippen molar-refractivity contribution in [2.75, 3.05) is 4.90 Å². The van der Waals surface area contributed by atoms with Crippen LogP contribution < -0.4 is 9.64 Å². The highest BCUT2D eigenvalue weighted by atomic mass is 35.5. The highest BCUT2D eigenvalue weighted by Crippen LogP contribution is 2.48. The molecule has 1 aromatic carbocycles. The summed E-state index contributed by atoms with van der Waals surface area (Å²) in [7, 11) is 0. The lowest BCUT2D eigenvalue weighted by Crippen LogP contribution is -2.28. The number of imide groups is 1. The summed E-state index contributed by atoms with van der Waals surface area (Å²) in [5, 5.41) is 10.8. The minimum Gasteiger partial charge on any atom is -0.502 e. The number of esters is 1. The van der Waals surface area contributed by atoms with Crippen molar-refractivity contribution in [3.8, 4) is 22.8 Å². The Hall–Kier alpha value is -2.80. The Kier molecular flexibility index (Phi) is 4.02. The highest BCUT2D eigenvalue weighted by Gasteiger charge is 2.38. The number of nitrogens with zero attached hydrogens (tertiary/aromatic N) is 1. The number of carbonyl (C=O) groups excluding carboxylic acids is 3. The number of carbonyl (C=O) groups is 3. The molecule has 1 saturated heterocycles. The van der Waals surface area contributed by atoms with E-state index in [4.69, 9.17) is 20.8 Å². The molecule has 2 heterocycles. The Morgan fingerprint density at radius 2 is 1.79 bits per heavy atom. The van der Waals surface area contributed by atoms with Crippen LogP contribution in [0.1, 0.15) is 19.8 Å². The minimum absolute atomic E-state index is 0.0239. The average molecular weight is 350 g/mol. The number of ether oxygens (including phenoxy) is 1. The van der Waals surface area contributed by atoms with Crippen molar-refractivity contribution in [2.24, 2.45) is 0 Å². The molecule has 3 rings (SSSR count). The monoisotopic (exact) mass is 349 g/mol. The van der Waals surface area contributed by atoms with Crippen LogP contribution in [0.25, 0.3) is 11.3 Å². The van der Waals surface area contributed by atoms with Gasteiger partial charge in [0.25, 0.3) is 5.88 Å². The van der Waals surface area contributed by atoms with E-state index in [0.29, 0.717) is 10.6 Å². The lowest BCUT2D eigenvalue weighted by molar-refractivity contribution is -0.132. The summed E-state index contributed by atoms with van der Waals surface area (Å²) >= 11 is 5.83.